The Hall–Kier alpha value is -1.43. The molecule has 0 aliphatic carbocycles. The SMILES string of the molecule is CC(C)NC(=O)C(C)NCc1ncnn1C(C)C. The van der Waals surface area contributed by atoms with Gasteiger partial charge in [-0.2, -0.15) is 5.10 Å². The molecule has 0 aromatic carbocycles. The number of hydrogen-bond acceptors (Lipinski definition) is 4. The van der Waals surface area contributed by atoms with Crippen LogP contribution < -0.4 is 10.6 Å². The van der Waals surface area contributed by atoms with Crippen molar-refractivity contribution in [3.05, 3.63) is 12.2 Å². The van der Waals surface area contributed by atoms with Crippen LogP contribution in [-0.4, -0.2) is 32.8 Å². The summed E-state index contributed by atoms with van der Waals surface area (Å²) in [5, 5.41) is 10.2. The highest BCUT2D eigenvalue weighted by atomic mass is 16.2. The topological polar surface area (TPSA) is 71.8 Å². The summed E-state index contributed by atoms with van der Waals surface area (Å²) in [5.74, 6) is 0.842. The zero-order valence-corrected chi connectivity index (χ0v) is 11.8. The third-order valence-corrected chi connectivity index (χ3v) is 2.53. The minimum absolute atomic E-state index is 0.000567. The fourth-order valence-corrected chi connectivity index (χ4v) is 1.58. The molecular weight excluding hydrogens is 230 g/mol. The van der Waals surface area contributed by atoms with Crippen molar-refractivity contribution in [3.63, 3.8) is 0 Å². The second-order valence-electron chi connectivity index (χ2n) is 4.98. The van der Waals surface area contributed by atoms with E-state index < -0.39 is 0 Å². The van der Waals surface area contributed by atoms with Gasteiger partial charge >= 0.3 is 0 Å². The molecule has 0 spiro atoms. The second kappa shape index (κ2) is 6.49. The fraction of sp³-hybridized carbons (Fsp3) is 0.750. The molecule has 1 heterocycles. The lowest BCUT2D eigenvalue weighted by Crippen LogP contribution is -2.44. The first-order valence-corrected chi connectivity index (χ1v) is 6.34. The first-order valence-electron chi connectivity index (χ1n) is 6.34. The molecular formula is C12H23N5O. The van der Waals surface area contributed by atoms with Crippen LogP contribution in [0.2, 0.25) is 0 Å². The molecule has 0 radical (unpaired) electrons. The van der Waals surface area contributed by atoms with Crippen LogP contribution in [0, 0.1) is 0 Å². The van der Waals surface area contributed by atoms with E-state index >= 15 is 0 Å². The van der Waals surface area contributed by atoms with E-state index in [1.54, 1.807) is 0 Å². The Morgan fingerprint density at radius 2 is 2.00 bits per heavy atom. The molecule has 1 amide bonds. The summed E-state index contributed by atoms with van der Waals surface area (Å²) < 4.78 is 1.85. The predicted octanol–water partition coefficient (Wildman–Crippen LogP) is 0.862. The van der Waals surface area contributed by atoms with Crippen LogP contribution in [0.4, 0.5) is 0 Å². The number of amides is 1. The molecule has 0 saturated carbocycles. The van der Waals surface area contributed by atoms with Crippen molar-refractivity contribution in [2.75, 3.05) is 0 Å². The van der Waals surface area contributed by atoms with Crippen LogP contribution in [0.25, 0.3) is 0 Å². The lowest BCUT2D eigenvalue weighted by Gasteiger charge is -2.16. The van der Waals surface area contributed by atoms with E-state index in [9.17, 15) is 4.79 Å². The van der Waals surface area contributed by atoms with Gasteiger partial charge < -0.3 is 5.32 Å². The molecule has 0 saturated heterocycles. The van der Waals surface area contributed by atoms with Gasteiger partial charge in [-0.25, -0.2) is 9.67 Å². The third-order valence-electron chi connectivity index (χ3n) is 2.53. The molecule has 18 heavy (non-hydrogen) atoms. The van der Waals surface area contributed by atoms with Crippen LogP contribution in [0.5, 0.6) is 0 Å². The van der Waals surface area contributed by atoms with Gasteiger partial charge in [0.2, 0.25) is 5.91 Å². The Morgan fingerprint density at radius 3 is 2.56 bits per heavy atom. The van der Waals surface area contributed by atoms with Gasteiger partial charge in [-0.05, 0) is 34.6 Å². The molecule has 1 rings (SSSR count). The molecule has 0 aliphatic rings. The van der Waals surface area contributed by atoms with Gasteiger partial charge in [0.05, 0.1) is 12.6 Å². The standard InChI is InChI=1S/C12H23N5O/c1-8(2)16-12(18)10(5)13-6-11-14-7-15-17(11)9(3)4/h7-10,13H,6H2,1-5H3,(H,16,18). The zero-order valence-electron chi connectivity index (χ0n) is 11.8. The highest BCUT2D eigenvalue weighted by Gasteiger charge is 2.14. The van der Waals surface area contributed by atoms with E-state index in [1.807, 2.05) is 39.3 Å². The molecule has 102 valence electrons. The van der Waals surface area contributed by atoms with E-state index in [4.69, 9.17) is 0 Å². The summed E-state index contributed by atoms with van der Waals surface area (Å²) in [4.78, 5) is 15.9. The number of rotatable bonds is 6. The number of carbonyl (C=O) groups excluding carboxylic acids is 1. The summed E-state index contributed by atoms with van der Waals surface area (Å²) in [5.41, 5.74) is 0. The number of carbonyl (C=O) groups is 1. The fourth-order valence-electron chi connectivity index (χ4n) is 1.58. The van der Waals surface area contributed by atoms with Gasteiger partial charge in [0, 0.05) is 12.1 Å². The summed E-state index contributed by atoms with van der Waals surface area (Å²) in [6, 6.07) is 0.176. The Balaban J connectivity index is 2.49. The van der Waals surface area contributed by atoms with Gasteiger partial charge in [-0.15, -0.1) is 0 Å². The Bertz CT molecular complexity index is 386. The van der Waals surface area contributed by atoms with Crippen molar-refractivity contribution in [3.8, 4) is 0 Å². The van der Waals surface area contributed by atoms with Crippen molar-refractivity contribution in [2.24, 2.45) is 0 Å². The molecule has 6 nitrogen and oxygen atoms in total. The number of hydrogen-bond donors (Lipinski definition) is 2. The van der Waals surface area contributed by atoms with E-state index in [0.717, 1.165) is 5.82 Å². The first kappa shape index (κ1) is 14.6. The quantitative estimate of drug-likeness (QED) is 0.789. The Labute approximate surface area is 108 Å². The normalized spacial score (nSPS) is 13.1. The highest BCUT2D eigenvalue weighted by molar-refractivity contribution is 5.81. The average Bonchev–Trinajstić information content (AvgIpc) is 2.72. The summed E-state index contributed by atoms with van der Waals surface area (Å²) in [6.45, 7) is 10.4. The summed E-state index contributed by atoms with van der Waals surface area (Å²) in [6.07, 6.45) is 1.54. The van der Waals surface area contributed by atoms with Gasteiger partial charge in [-0.1, -0.05) is 0 Å². The maximum absolute atomic E-state index is 11.7. The first-order chi connectivity index (χ1) is 8.41. The lowest BCUT2D eigenvalue weighted by molar-refractivity contribution is -0.123. The zero-order chi connectivity index (χ0) is 13.7. The maximum Gasteiger partial charge on any atom is 0.237 e. The van der Waals surface area contributed by atoms with Gasteiger partial charge in [0.15, 0.2) is 0 Å². The van der Waals surface area contributed by atoms with Crippen LogP contribution in [0.15, 0.2) is 6.33 Å². The van der Waals surface area contributed by atoms with Gasteiger partial charge in [0.25, 0.3) is 0 Å². The Morgan fingerprint density at radius 1 is 1.33 bits per heavy atom. The molecule has 0 bridgehead atoms. The lowest BCUT2D eigenvalue weighted by atomic mass is 10.3. The number of nitrogens with one attached hydrogen (secondary N) is 2. The number of nitrogens with zero attached hydrogens (tertiary/aromatic N) is 3. The van der Waals surface area contributed by atoms with Gasteiger partial charge in [0.1, 0.15) is 12.2 Å². The van der Waals surface area contributed by atoms with Crippen molar-refractivity contribution >= 4 is 5.91 Å². The summed E-state index contributed by atoms with van der Waals surface area (Å²) >= 11 is 0. The monoisotopic (exact) mass is 253 g/mol. The molecule has 1 aromatic rings. The van der Waals surface area contributed by atoms with E-state index in [-0.39, 0.29) is 24.0 Å². The molecule has 2 N–H and O–H groups in total. The van der Waals surface area contributed by atoms with Crippen LogP contribution in [0.1, 0.15) is 46.5 Å². The predicted molar refractivity (Wildman–Crippen MR) is 70.0 cm³/mol. The largest absolute Gasteiger partial charge is 0.353 e. The van der Waals surface area contributed by atoms with Crippen molar-refractivity contribution < 1.29 is 4.79 Å². The molecule has 1 aromatic heterocycles. The molecule has 6 heteroatoms. The minimum Gasteiger partial charge on any atom is -0.353 e. The summed E-state index contributed by atoms with van der Waals surface area (Å²) in [7, 11) is 0. The van der Waals surface area contributed by atoms with Crippen molar-refractivity contribution in [1.82, 2.24) is 25.4 Å². The number of aromatic nitrogens is 3. The van der Waals surface area contributed by atoms with E-state index in [1.165, 1.54) is 6.33 Å². The highest BCUT2D eigenvalue weighted by Crippen LogP contribution is 2.04. The molecule has 1 atom stereocenters. The Kier molecular flexibility index (Phi) is 5.27. The van der Waals surface area contributed by atoms with Gasteiger partial charge in [-0.3, -0.25) is 10.1 Å². The van der Waals surface area contributed by atoms with Crippen molar-refractivity contribution in [1.29, 1.82) is 0 Å². The molecule has 1 unspecified atom stereocenters. The van der Waals surface area contributed by atoms with Crippen LogP contribution in [0.3, 0.4) is 0 Å². The maximum atomic E-state index is 11.7. The third kappa shape index (κ3) is 4.10. The van der Waals surface area contributed by atoms with Crippen LogP contribution >= 0.6 is 0 Å². The van der Waals surface area contributed by atoms with E-state index in [2.05, 4.69) is 20.7 Å². The van der Waals surface area contributed by atoms with E-state index in [0.29, 0.717) is 6.54 Å². The average molecular weight is 253 g/mol. The second-order valence-corrected chi connectivity index (χ2v) is 4.98. The van der Waals surface area contributed by atoms with Crippen LogP contribution in [-0.2, 0) is 11.3 Å². The smallest absolute Gasteiger partial charge is 0.237 e. The minimum atomic E-state index is -0.246. The molecule has 0 fully saturated rings. The van der Waals surface area contributed by atoms with Crippen molar-refractivity contribution in [2.45, 2.75) is 59.3 Å². The molecule has 0 aliphatic heterocycles.